The molecule has 0 unspecified atom stereocenters. The molecule has 0 radical (unpaired) electrons. The van der Waals surface area contributed by atoms with E-state index in [0.29, 0.717) is 46.8 Å². The number of aromatic nitrogens is 2. The molecule has 0 aliphatic rings. The molecule has 0 bridgehead atoms. The lowest BCUT2D eigenvalue weighted by atomic mass is 10.2. The Morgan fingerprint density at radius 3 is 2.67 bits per heavy atom. The first kappa shape index (κ1) is 22.7. The molecule has 0 saturated carbocycles. The first-order valence-corrected chi connectivity index (χ1v) is 11.5. The number of nitrogens with zero attached hydrogens (tertiary/aromatic N) is 3. The van der Waals surface area contributed by atoms with Crippen LogP contribution in [-0.2, 0) is 13.0 Å². The van der Waals surface area contributed by atoms with Gasteiger partial charge in [-0.05, 0) is 42.3 Å². The first-order chi connectivity index (χ1) is 16.1. The second kappa shape index (κ2) is 10.4. The van der Waals surface area contributed by atoms with Gasteiger partial charge in [-0.2, -0.15) is 9.78 Å². The van der Waals surface area contributed by atoms with Crippen LogP contribution in [0.25, 0.3) is 10.9 Å². The average Bonchev–Trinajstić information content (AvgIpc) is 2.84. The number of aryl methyl sites for hydroxylation is 1. The van der Waals surface area contributed by atoms with Gasteiger partial charge < -0.3 is 9.47 Å². The SMILES string of the molecule is CCCc1nc2ccc(Br)cc2c(=O)n1N=Cc1cccc(OC)c1OCc1ccccc1. The Hall–Kier alpha value is -3.45. The molecule has 0 atom stereocenters. The number of para-hydroxylation sites is 1. The van der Waals surface area contributed by atoms with Crippen molar-refractivity contribution in [3.8, 4) is 11.5 Å². The molecule has 168 valence electrons. The van der Waals surface area contributed by atoms with Crippen LogP contribution in [0.4, 0.5) is 0 Å². The van der Waals surface area contributed by atoms with E-state index in [1.165, 1.54) is 4.68 Å². The van der Waals surface area contributed by atoms with Crippen LogP contribution in [0.15, 0.2) is 81.1 Å². The minimum absolute atomic E-state index is 0.212. The number of fused-ring (bicyclic) bond motifs is 1. The highest BCUT2D eigenvalue weighted by molar-refractivity contribution is 9.10. The van der Waals surface area contributed by atoms with Crippen LogP contribution >= 0.6 is 15.9 Å². The van der Waals surface area contributed by atoms with Crippen molar-refractivity contribution in [2.45, 2.75) is 26.4 Å². The minimum Gasteiger partial charge on any atom is -0.493 e. The van der Waals surface area contributed by atoms with Crippen LogP contribution in [0.2, 0.25) is 0 Å². The van der Waals surface area contributed by atoms with E-state index in [9.17, 15) is 4.79 Å². The molecule has 0 aliphatic carbocycles. The highest BCUT2D eigenvalue weighted by Gasteiger charge is 2.13. The Morgan fingerprint density at radius 2 is 1.91 bits per heavy atom. The van der Waals surface area contributed by atoms with Gasteiger partial charge in [-0.1, -0.05) is 59.3 Å². The standard InChI is InChI=1S/C26H24BrN3O3/c1-3-8-24-29-22-14-13-20(27)15-21(22)26(31)30(24)28-16-19-11-7-12-23(32-2)25(19)33-17-18-9-5-4-6-10-18/h4-7,9-16H,3,8,17H2,1-2H3. The number of rotatable bonds is 8. The summed E-state index contributed by atoms with van der Waals surface area (Å²) in [4.78, 5) is 17.9. The predicted molar refractivity (Wildman–Crippen MR) is 134 cm³/mol. The average molecular weight is 506 g/mol. The van der Waals surface area contributed by atoms with E-state index in [4.69, 9.17) is 9.47 Å². The summed E-state index contributed by atoms with van der Waals surface area (Å²) in [5.41, 5.74) is 2.19. The lowest BCUT2D eigenvalue weighted by molar-refractivity contribution is 0.284. The third kappa shape index (κ3) is 5.14. The highest BCUT2D eigenvalue weighted by atomic mass is 79.9. The molecular formula is C26H24BrN3O3. The van der Waals surface area contributed by atoms with E-state index in [-0.39, 0.29) is 5.56 Å². The van der Waals surface area contributed by atoms with Gasteiger partial charge in [0.2, 0.25) is 0 Å². The fourth-order valence-electron chi connectivity index (χ4n) is 3.50. The lowest BCUT2D eigenvalue weighted by Gasteiger charge is -2.13. The summed E-state index contributed by atoms with van der Waals surface area (Å²) in [5.74, 6) is 1.77. The van der Waals surface area contributed by atoms with E-state index >= 15 is 0 Å². The molecule has 33 heavy (non-hydrogen) atoms. The maximum atomic E-state index is 13.2. The van der Waals surface area contributed by atoms with Gasteiger partial charge in [0, 0.05) is 16.5 Å². The van der Waals surface area contributed by atoms with E-state index in [1.807, 2.05) is 67.6 Å². The largest absolute Gasteiger partial charge is 0.493 e. The zero-order valence-electron chi connectivity index (χ0n) is 18.5. The number of halogens is 1. The van der Waals surface area contributed by atoms with Crippen molar-refractivity contribution in [2.24, 2.45) is 5.10 Å². The van der Waals surface area contributed by atoms with E-state index in [1.54, 1.807) is 19.4 Å². The van der Waals surface area contributed by atoms with Crippen molar-refractivity contribution in [3.05, 3.63) is 98.5 Å². The van der Waals surface area contributed by atoms with Crippen molar-refractivity contribution >= 4 is 33.0 Å². The van der Waals surface area contributed by atoms with Gasteiger partial charge in [-0.25, -0.2) is 4.98 Å². The summed E-state index contributed by atoms with van der Waals surface area (Å²) in [6.07, 6.45) is 3.09. The molecule has 4 aromatic rings. The zero-order chi connectivity index (χ0) is 23.2. The maximum absolute atomic E-state index is 13.2. The number of ether oxygens (including phenoxy) is 2. The van der Waals surface area contributed by atoms with Crippen LogP contribution in [0.5, 0.6) is 11.5 Å². The Balaban J connectivity index is 1.75. The number of benzene rings is 3. The van der Waals surface area contributed by atoms with E-state index < -0.39 is 0 Å². The molecule has 1 aromatic heterocycles. The quantitative estimate of drug-likeness (QED) is 0.293. The van der Waals surface area contributed by atoms with E-state index in [0.717, 1.165) is 16.5 Å². The molecule has 0 N–H and O–H groups in total. The molecule has 7 heteroatoms. The van der Waals surface area contributed by atoms with Crippen molar-refractivity contribution in [2.75, 3.05) is 7.11 Å². The highest BCUT2D eigenvalue weighted by Crippen LogP contribution is 2.31. The number of hydrogen-bond acceptors (Lipinski definition) is 5. The van der Waals surface area contributed by atoms with Crippen LogP contribution in [0.1, 0.15) is 30.3 Å². The summed E-state index contributed by atoms with van der Waals surface area (Å²) in [7, 11) is 1.60. The van der Waals surface area contributed by atoms with Gasteiger partial charge in [-0.15, -0.1) is 0 Å². The summed E-state index contributed by atoms with van der Waals surface area (Å²) < 4.78 is 13.8. The molecule has 0 saturated heterocycles. The maximum Gasteiger partial charge on any atom is 0.282 e. The van der Waals surface area contributed by atoms with Crippen molar-refractivity contribution in [1.82, 2.24) is 9.66 Å². The van der Waals surface area contributed by atoms with Crippen LogP contribution < -0.4 is 15.0 Å². The van der Waals surface area contributed by atoms with Gasteiger partial charge in [-0.3, -0.25) is 4.79 Å². The van der Waals surface area contributed by atoms with Gasteiger partial charge in [0.05, 0.1) is 24.2 Å². The zero-order valence-corrected chi connectivity index (χ0v) is 20.1. The summed E-state index contributed by atoms with van der Waals surface area (Å²) in [6.45, 7) is 2.43. The molecule has 1 heterocycles. The van der Waals surface area contributed by atoms with Crippen molar-refractivity contribution < 1.29 is 9.47 Å². The normalized spacial score (nSPS) is 11.2. The molecule has 4 rings (SSSR count). The Bertz CT molecular complexity index is 1350. The predicted octanol–water partition coefficient (Wildman–Crippen LogP) is 5.58. The topological polar surface area (TPSA) is 65.7 Å². The second-order valence-corrected chi connectivity index (χ2v) is 8.37. The molecule has 6 nitrogen and oxygen atoms in total. The minimum atomic E-state index is -0.212. The first-order valence-electron chi connectivity index (χ1n) is 10.7. The molecule has 0 fully saturated rings. The summed E-state index contributed by atoms with van der Waals surface area (Å²) in [5, 5.41) is 5.04. The molecule has 0 spiro atoms. The second-order valence-electron chi connectivity index (χ2n) is 7.45. The third-order valence-corrected chi connectivity index (χ3v) is 5.61. The summed E-state index contributed by atoms with van der Waals surface area (Å²) in [6, 6.07) is 21.0. The van der Waals surface area contributed by atoms with Gasteiger partial charge >= 0.3 is 0 Å². The smallest absolute Gasteiger partial charge is 0.282 e. The molecule has 0 amide bonds. The number of methoxy groups -OCH3 is 1. The fraction of sp³-hybridized carbons (Fsp3) is 0.192. The van der Waals surface area contributed by atoms with Crippen LogP contribution in [0.3, 0.4) is 0 Å². The number of hydrogen-bond donors (Lipinski definition) is 0. The monoisotopic (exact) mass is 505 g/mol. The lowest BCUT2D eigenvalue weighted by Crippen LogP contribution is -2.22. The molecule has 0 aliphatic heterocycles. The Labute approximate surface area is 200 Å². The Morgan fingerprint density at radius 1 is 1.09 bits per heavy atom. The van der Waals surface area contributed by atoms with Crippen molar-refractivity contribution in [3.63, 3.8) is 0 Å². The van der Waals surface area contributed by atoms with Gasteiger partial charge in [0.25, 0.3) is 5.56 Å². The fourth-order valence-corrected chi connectivity index (χ4v) is 3.86. The molecule has 3 aromatic carbocycles. The van der Waals surface area contributed by atoms with Gasteiger partial charge in [0.1, 0.15) is 12.4 Å². The van der Waals surface area contributed by atoms with Crippen molar-refractivity contribution in [1.29, 1.82) is 0 Å². The molecular weight excluding hydrogens is 482 g/mol. The third-order valence-electron chi connectivity index (χ3n) is 5.12. The van der Waals surface area contributed by atoms with E-state index in [2.05, 4.69) is 26.0 Å². The Kier molecular flexibility index (Phi) is 7.19. The summed E-state index contributed by atoms with van der Waals surface area (Å²) >= 11 is 3.43. The van der Waals surface area contributed by atoms with Gasteiger partial charge in [0.15, 0.2) is 11.5 Å². The van der Waals surface area contributed by atoms with Crippen LogP contribution in [-0.4, -0.2) is 23.0 Å². The van der Waals surface area contributed by atoms with Crippen LogP contribution in [0, 0.1) is 0 Å².